The molecule has 8 heteroatoms. The van der Waals surface area contributed by atoms with E-state index >= 15 is 0 Å². The first-order chi connectivity index (χ1) is 13.0. The van der Waals surface area contributed by atoms with Crippen LogP contribution in [0.3, 0.4) is 0 Å². The Hall–Kier alpha value is -1.28. The molecule has 0 aromatic rings. The number of aliphatic hydroxyl groups is 1. The van der Waals surface area contributed by atoms with Gasteiger partial charge in [-0.05, 0) is 32.6 Å². The molecule has 7 nitrogen and oxygen atoms in total. The summed E-state index contributed by atoms with van der Waals surface area (Å²) in [5.41, 5.74) is 0. The maximum atomic E-state index is 13.3. The van der Waals surface area contributed by atoms with Crippen LogP contribution in [0.1, 0.15) is 46.0 Å². The number of esters is 1. The number of nitrogens with one attached hydrogen (secondary N) is 1. The molecule has 0 aromatic heterocycles. The number of ether oxygens (including phenoxy) is 1. The van der Waals surface area contributed by atoms with Crippen molar-refractivity contribution in [2.45, 2.75) is 62.0 Å². The number of unbranched alkanes of at least 4 members (excludes halogenated alkanes) is 1. The number of aliphatic hydroxyl groups excluding tert-OH is 1. The smallest absolute Gasteiger partial charge is 0.310 e. The molecule has 0 radical (unpaired) electrons. The highest BCUT2D eigenvalue weighted by molar-refractivity contribution is 8.02. The van der Waals surface area contributed by atoms with Gasteiger partial charge < -0.3 is 20.1 Å². The van der Waals surface area contributed by atoms with Gasteiger partial charge in [0, 0.05) is 24.9 Å². The van der Waals surface area contributed by atoms with E-state index in [1.54, 1.807) is 23.6 Å². The van der Waals surface area contributed by atoms with Gasteiger partial charge in [-0.1, -0.05) is 13.3 Å². The van der Waals surface area contributed by atoms with Gasteiger partial charge in [-0.25, -0.2) is 0 Å². The zero-order chi connectivity index (χ0) is 19.6. The van der Waals surface area contributed by atoms with Gasteiger partial charge in [0.2, 0.25) is 11.8 Å². The molecule has 2 bridgehead atoms. The van der Waals surface area contributed by atoms with Gasteiger partial charge in [-0.15, -0.1) is 11.8 Å². The van der Waals surface area contributed by atoms with Crippen LogP contribution in [0.2, 0.25) is 0 Å². The van der Waals surface area contributed by atoms with Crippen molar-refractivity contribution in [3.05, 3.63) is 0 Å². The lowest BCUT2D eigenvalue weighted by molar-refractivity contribution is -0.153. The average molecular weight is 399 g/mol. The number of hydrogen-bond donors (Lipinski definition) is 2. The zero-order valence-electron chi connectivity index (χ0n) is 16.1. The number of rotatable bonds is 9. The second-order valence-corrected chi connectivity index (χ2v) is 9.16. The molecular formula is C19H30N2O5S. The Balaban J connectivity index is 1.90. The molecular weight excluding hydrogens is 368 g/mol. The highest BCUT2D eigenvalue weighted by atomic mass is 32.2. The highest BCUT2D eigenvalue weighted by Crippen LogP contribution is 2.66. The summed E-state index contributed by atoms with van der Waals surface area (Å²) in [5.74, 6) is -1.55. The quantitative estimate of drug-likeness (QED) is 0.443. The minimum atomic E-state index is -0.576. The predicted molar refractivity (Wildman–Crippen MR) is 102 cm³/mol. The van der Waals surface area contributed by atoms with Crippen molar-refractivity contribution in [1.29, 1.82) is 0 Å². The second-order valence-electron chi connectivity index (χ2n) is 7.56. The molecule has 0 aromatic carbocycles. The van der Waals surface area contributed by atoms with Crippen LogP contribution < -0.4 is 5.32 Å². The first-order valence-electron chi connectivity index (χ1n) is 10.0. The molecule has 3 aliphatic heterocycles. The summed E-state index contributed by atoms with van der Waals surface area (Å²) in [6, 6.07) is -0.576. The van der Waals surface area contributed by atoms with E-state index in [1.165, 1.54) is 0 Å². The number of fused-ring (bicyclic) bond motifs is 1. The molecule has 2 N–H and O–H groups in total. The number of nitrogens with zero attached hydrogens (tertiary/aromatic N) is 1. The van der Waals surface area contributed by atoms with E-state index < -0.39 is 22.6 Å². The summed E-state index contributed by atoms with van der Waals surface area (Å²) in [5, 5.41) is 12.3. The van der Waals surface area contributed by atoms with E-state index in [0.717, 1.165) is 25.7 Å². The molecule has 1 spiro atoms. The number of likely N-dealkylation sites (tertiary alicyclic amines) is 1. The van der Waals surface area contributed by atoms with E-state index in [9.17, 15) is 19.5 Å². The first kappa shape index (κ1) is 20.5. The molecule has 5 atom stereocenters. The summed E-state index contributed by atoms with van der Waals surface area (Å²) >= 11 is 1.64. The van der Waals surface area contributed by atoms with Gasteiger partial charge in [0.1, 0.15) is 6.04 Å². The minimum absolute atomic E-state index is 0.0390. The van der Waals surface area contributed by atoms with E-state index in [-0.39, 0.29) is 36.2 Å². The molecule has 0 saturated carbocycles. The average Bonchev–Trinajstić information content (AvgIpc) is 3.28. The summed E-state index contributed by atoms with van der Waals surface area (Å²) < 4.78 is 4.71. The van der Waals surface area contributed by atoms with Gasteiger partial charge >= 0.3 is 5.97 Å². The lowest BCUT2D eigenvalue weighted by Gasteiger charge is -2.34. The molecule has 0 aliphatic carbocycles. The van der Waals surface area contributed by atoms with Crippen LogP contribution in [-0.4, -0.2) is 70.1 Å². The molecule has 3 fully saturated rings. The van der Waals surface area contributed by atoms with Gasteiger partial charge in [-0.2, -0.15) is 0 Å². The normalized spacial score (nSPS) is 34.0. The molecule has 3 saturated heterocycles. The van der Waals surface area contributed by atoms with Gasteiger partial charge in [-0.3, -0.25) is 14.4 Å². The lowest BCUT2D eigenvalue weighted by Crippen LogP contribution is -2.53. The molecule has 152 valence electrons. The fraction of sp³-hybridized carbons (Fsp3) is 0.842. The number of thioether (sulfide) groups is 1. The Morgan fingerprint density at radius 1 is 1.37 bits per heavy atom. The number of amides is 2. The Kier molecular flexibility index (Phi) is 6.35. The SMILES string of the molecule is CCCCNC(=O)C1N(CCCO)C(=O)[C@@H]2[C@@H](C(=O)OCC)[C@H]3CCC12S3. The standard InChI is InChI=1S/C19H30N2O5S/c1-3-5-9-20-16(23)15-19-8-7-12(27-19)13(18(25)26-4-2)14(19)17(24)21(15)10-6-11-22/h12-15,22H,3-11H2,1-2H3,(H,20,23)/t12-,13+,14+,15?,19?/m1/s1. The van der Waals surface area contributed by atoms with Crippen molar-refractivity contribution in [3.8, 4) is 0 Å². The Bertz CT molecular complexity index is 601. The Morgan fingerprint density at radius 2 is 2.15 bits per heavy atom. The third-order valence-electron chi connectivity index (χ3n) is 5.99. The molecule has 3 heterocycles. The fourth-order valence-electron chi connectivity index (χ4n) is 4.93. The van der Waals surface area contributed by atoms with Gasteiger partial charge in [0.15, 0.2) is 0 Å². The summed E-state index contributed by atoms with van der Waals surface area (Å²) in [7, 11) is 0. The number of carbonyl (C=O) groups excluding carboxylic acids is 3. The summed E-state index contributed by atoms with van der Waals surface area (Å²) in [4.78, 5) is 40.5. The van der Waals surface area contributed by atoms with Gasteiger partial charge in [0.05, 0.1) is 23.2 Å². The third-order valence-corrected chi connectivity index (χ3v) is 7.95. The van der Waals surface area contributed by atoms with Crippen molar-refractivity contribution >= 4 is 29.5 Å². The van der Waals surface area contributed by atoms with Crippen LogP contribution in [-0.2, 0) is 19.1 Å². The van der Waals surface area contributed by atoms with E-state index in [4.69, 9.17) is 4.74 Å². The maximum Gasteiger partial charge on any atom is 0.310 e. The van der Waals surface area contributed by atoms with Crippen LogP contribution in [0, 0.1) is 11.8 Å². The van der Waals surface area contributed by atoms with Crippen LogP contribution in [0.5, 0.6) is 0 Å². The minimum Gasteiger partial charge on any atom is -0.466 e. The fourth-order valence-corrected chi connectivity index (χ4v) is 7.13. The maximum absolute atomic E-state index is 13.3. The summed E-state index contributed by atoms with van der Waals surface area (Å²) in [6.07, 6.45) is 3.88. The van der Waals surface area contributed by atoms with Crippen LogP contribution in [0.15, 0.2) is 0 Å². The van der Waals surface area contributed by atoms with E-state index in [1.807, 2.05) is 0 Å². The number of carbonyl (C=O) groups is 3. The van der Waals surface area contributed by atoms with Crippen LogP contribution in [0.25, 0.3) is 0 Å². The van der Waals surface area contributed by atoms with E-state index in [0.29, 0.717) is 19.5 Å². The van der Waals surface area contributed by atoms with Gasteiger partial charge in [0.25, 0.3) is 0 Å². The second kappa shape index (κ2) is 8.39. The monoisotopic (exact) mass is 398 g/mol. The number of hydrogen-bond acceptors (Lipinski definition) is 6. The molecule has 3 rings (SSSR count). The molecule has 2 amide bonds. The van der Waals surface area contributed by atoms with Crippen LogP contribution in [0.4, 0.5) is 0 Å². The van der Waals surface area contributed by atoms with Crippen molar-refractivity contribution in [2.75, 3.05) is 26.3 Å². The first-order valence-corrected chi connectivity index (χ1v) is 10.9. The summed E-state index contributed by atoms with van der Waals surface area (Å²) in [6.45, 7) is 5.00. The Morgan fingerprint density at radius 3 is 2.81 bits per heavy atom. The van der Waals surface area contributed by atoms with Crippen molar-refractivity contribution in [2.24, 2.45) is 11.8 Å². The molecule has 3 aliphatic rings. The van der Waals surface area contributed by atoms with Crippen molar-refractivity contribution in [3.63, 3.8) is 0 Å². The topological polar surface area (TPSA) is 95.9 Å². The largest absolute Gasteiger partial charge is 0.466 e. The van der Waals surface area contributed by atoms with Crippen LogP contribution >= 0.6 is 11.8 Å². The van der Waals surface area contributed by atoms with E-state index in [2.05, 4.69) is 12.2 Å². The molecule has 27 heavy (non-hydrogen) atoms. The van der Waals surface area contributed by atoms with Crippen molar-refractivity contribution in [1.82, 2.24) is 10.2 Å². The highest BCUT2D eigenvalue weighted by Gasteiger charge is 2.73. The predicted octanol–water partition coefficient (Wildman–Crippen LogP) is 0.939. The third kappa shape index (κ3) is 3.35. The Labute approximate surface area is 164 Å². The lowest BCUT2D eigenvalue weighted by atomic mass is 9.71. The zero-order valence-corrected chi connectivity index (χ0v) is 16.9. The molecule has 2 unspecified atom stereocenters. The van der Waals surface area contributed by atoms with Crippen molar-refractivity contribution < 1.29 is 24.2 Å².